The number of fused-ring (bicyclic) bond motifs is 1. The Morgan fingerprint density at radius 1 is 1.33 bits per heavy atom. The maximum atomic E-state index is 12.2. The molecule has 116 valence electrons. The normalized spacial score (nSPS) is 15.1. The summed E-state index contributed by atoms with van der Waals surface area (Å²) in [6, 6.07) is 7.39. The molecule has 21 heavy (non-hydrogen) atoms. The Bertz CT molecular complexity index is 491. The van der Waals surface area contributed by atoms with Crippen LogP contribution in [0.5, 0.6) is 0 Å². The Hall–Kier alpha value is -1.76. The first kappa shape index (κ1) is 15.6. The number of rotatable bonds is 4. The standard InChI is InChI=1S/C14H17F3N2O2/c15-14(16,17)10-21-9-6-13(20)19-8-3-7-18-11-4-1-2-5-12(11)19/h1-2,4-5,18H,3,6-10H2. The van der Waals surface area contributed by atoms with E-state index in [4.69, 9.17) is 0 Å². The molecule has 0 aliphatic carbocycles. The van der Waals surface area contributed by atoms with E-state index in [0.717, 1.165) is 24.3 Å². The zero-order valence-corrected chi connectivity index (χ0v) is 11.4. The van der Waals surface area contributed by atoms with Gasteiger partial charge in [0.05, 0.1) is 24.4 Å². The molecule has 0 atom stereocenters. The molecule has 1 N–H and O–H groups in total. The maximum Gasteiger partial charge on any atom is 0.411 e. The second-order valence-corrected chi connectivity index (χ2v) is 4.76. The first-order valence-electron chi connectivity index (χ1n) is 6.75. The van der Waals surface area contributed by atoms with Crippen LogP contribution in [0.15, 0.2) is 24.3 Å². The van der Waals surface area contributed by atoms with E-state index in [2.05, 4.69) is 10.1 Å². The fourth-order valence-electron chi connectivity index (χ4n) is 2.18. The second kappa shape index (κ2) is 6.80. The first-order valence-corrected chi connectivity index (χ1v) is 6.75. The third-order valence-electron chi connectivity index (χ3n) is 3.10. The van der Waals surface area contributed by atoms with E-state index in [9.17, 15) is 18.0 Å². The molecule has 0 radical (unpaired) electrons. The Labute approximate surface area is 120 Å². The van der Waals surface area contributed by atoms with Gasteiger partial charge in [0.15, 0.2) is 0 Å². The summed E-state index contributed by atoms with van der Waals surface area (Å²) >= 11 is 0. The molecule has 0 fully saturated rings. The van der Waals surface area contributed by atoms with Crippen LogP contribution in [-0.2, 0) is 9.53 Å². The van der Waals surface area contributed by atoms with Crippen molar-refractivity contribution in [2.24, 2.45) is 0 Å². The number of nitrogens with one attached hydrogen (secondary N) is 1. The van der Waals surface area contributed by atoms with Gasteiger partial charge in [-0.1, -0.05) is 12.1 Å². The minimum Gasteiger partial charge on any atom is -0.383 e. The summed E-state index contributed by atoms with van der Waals surface area (Å²) < 4.78 is 40.4. The highest BCUT2D eigenvalue weighted by Crippen LogP contribution is 2.28. The predicted molar refractivity (Wildman–Crippen MR) is 73.4 cm³/mol. The molecule has 0 spiro atoms. The molecule has 7 heteroatoms. The predicted octanol–water partition coefficient (Wildman–Crippen LogP) is 2.80. The lowest BCUT2D eigenvalue weighted by Crippen LogP contribution is -2.32. The second-order valence-electron chi connectivity index (χ2n) is 4.76. The maximum absolute atomic E-state index is 12.2. The van der Waals surface area contributed by atoms with E-state index in [1.807, 2.05) is 24.3 Å². The van der Waals surface area contributed by atoms with Gasteiger partial charge in [-0.2, -0.15) is 13.2 Å². The quantitative estimate of drug-likeness (QED) is 0.870. The van der Waals surface area contributed by atoms with Gasteiger partial charge in [-0.15, -0.1) is 0 Å². The number of anilines is 2. The number of carbonyl (C=O) groups excluding carboxylic acids is 1. The van der Waals surface area contributed by atoms with Gasteiger partial charge >= 0.3 is 6.18 Å². The van der Waals surface area contributed by atoms with Gasteiger partial charge in [-0.25, -0.2) is 0 Å². The molecule has 1 aliphatic heterocycles. The molecule has 0 unspecified atom stereocenters. The number of para-hydroxylation sites is 2. The van der Waals surface area contributed by atoms with Gasteiger partial charge in [0.1, 0.15) is 6.61 Å². The van der Waals surface area contributed by atoms with Crippen LogP contribution in [0.3, 0.4) is 0 Å². The summed E-state index contributed by atoms with van der Waals surface area (Å²) in [5, 5.41) is 3.22. The lowest BCUT2D eigenvalue weighted by molar-refractivity contribution is -0.174. The summed E-state index contributed by atoms with van der Waals surface area (Å²) in [6.07, 6.45) is -3.64. The average molecular weight is 302 g/mol. The molecule has 0 bridgehead atoms. The van der Waals surface area contributed by atoms with Crippen LogP contribution in [-0.4, -0.2) is 38.4 Å². The molecule has 0 aromatic heterocycles. The fraction of sp³-hybridized carbons (Fsp3) is 0.500. The molecule has 2 rings (SSSR count). The first-order chi connectivity index (χ1) is 9.97. The van der Waals surface area contributed by atoms with Crippen molar-refractivity contribution in [1.82, 2.24) is 0 Å². The minimum atomic E-state index is -4.36. The van der Waals surface area contributed by atoms with Crippen molar-refractivity contribution in [3.05, 3.63) is 24.3 Å². The van der Waals surface area contributed by atoms with Crippen LogP contribution >= 0.6 is 0 Å². The van der Waals surface area contributed by atoms with Crippen molar-refractivity contribution in [3.63, 3.8) is 0 Å². The van der Waals surface area contributed by atoms with E-state index in [1.165, 1.54) is 0 Å². The number of alkyl halides is 3. The molecule has 0 saturated heterocycles. The summed E-state index contributed by atoms with van der Waals surface area (Å²) in [6.45, 7) is -0.254. The molecule has 1 aromatic carbocycles. The summed E-state index contributed by atoms with van der Waals surface area (Å²) in [7, 11) is 0. The van der Waals surface area contributed by atoms with Crippen molar-refractivity contribution in [2.75, 3.05) is 36.5 Å². The van der Waals surface area contributed by atoms with E-state index in [-0.39, 0.29) is 18.9 Å². The van der Waals surface area contributed by atoms with Crippen molar-refractivity contribution in [3.8, 4) is 0 Å². The highest BCUT2D eigenvalue weighted by atomic mass is 19.4. The molecule has 4 nitrogen and oxygen atoms in total. The largest absolute Gasteiger partial charge is 0.411 e. The lowest BCUT2D eigenvalue weighted by Gasteiger charge is -2.22. The minimum absolute atomic E-state index is 0.0651. The van der Waals surface area contributed by atoms with Crippen molar-refractivity contribution >= 4 is 17.3 Å². The van der Waals surface area contributed by atoms with Gasteiger partial charge in [-0.3, -0.25) is 4.79 Å². The van der Waals surface area contributed by atoms with E-state index in [1.54, 1.807) is 4.90 Å². The average Bonchev–Trinajstić information content (AvgIpc) is 2.64. The van der Waals surface area contributed by atoms with Crippen LogP contribution in [0.2, 0.25) is 0 Å². The highest BCUT2D eigenvalue weighted by Gasteiger charge is 2.27. The van der Waals surface area contributed by atoms with Gasteiger partial charge in [0.25, 0.3) is 0 Å². The number of halogens is 3. The van der Waals surface area contributed by atoms with Crippen LogP contribution in [0.25, 0.3) is 0 Å². The molecule has 1 amide bonds. The molecular formula is C14H17F3N2O2. The Kier molecular flexibility index (Phi) is 5.06. The van der Waals surface area contributed by atoms with Gasteiger partial charge in [0, 0.05) is 13.1 Å². The highest BCUT2D eigenvalue weighted by molar-refractivity contribution is 5.97. The number of carbonyl (C=O) groups is 1. The van der Waals surface area contributed by atoms with Crippen LogP contribution < -0.4 is 10.2 Å². The monoisotopic (exact) mass is 302 g/mol. The Morgan fingerprint density at radius 3 is 2.86 bits per heavy atom. The molecule has 1 aromatic rings. The van der Waals surface area contributed by atoms with Gasteiger partial charge in [0.2, 0.25) is 5.91 Å². The Morgan fingerprint density at radius 2 is 2.10 bits per heavy atom. The molecular weight excluding hydrogens is 285 g/mol. The Balaban J connectivity index is 1.93. The number of hydrogen-bond acceptors (Lipinski definition) is 3. The zero-order chi connectivity index (χ0) is 15.3. The van der Waals surface area contributed by atoms with E-state index < -0.39 is 12.8 Å². The van der Waals surface area contributed by atoms with Crippen LogP contribution in [0.1, 0.15) is 12.8 Å². The van der Waals surface area contributed by atoms with Crippen LogP contribution in [0.4, 0.5) is 24.5 Å². The van der Waals surface area contributed by atoms with Crippen LogP contribution in [0, 0.1) is 0 Å². The fourth-order valence-corrected chi connectivity index (χ4v) is 2.18. The van der Waals surface area contributed by atoms with Gasteiger partial charge < -0.3 is 15.0 Å². The summed E-state index contributed by atoms with van der Waals surface area (Å²) in [4.78, 5) is 13.8. The third kappa shape index (κ3) is 4.63. The zero-order valence-electron chi connectivity index (χ0n) is 11.4. The molecule has 1 aliphatic rings. The summed E-state index contributed by atoms with van der Waals surface area (Å²) in [5.41, 5.74) is 1.62. The number of hydrogen-bond donors (Lipinski definition) is 1. The number of nitrogens with zero attached hydrogens (tertiary/aromatic N) is 1. The van der Waals surface area contributed by atoms with E-state index >= 15 is 0 Å². The van der Waals surface area contributed by atoms with E-state index in [0.29, 0.717) is 6.54 Å². The smallest absolute Gasteiger partial charge is 0.383 e. The molecule has 0 saturated carbocycles. The lowest BCUT2D eigenvalue weighted by atomic mass is 10.2. The van der Waals surface area contributed by atoms with Crippen molar-refractivity contribution in [2.45, 2.75) is 19.0 Å². The number of ether oxygens (including phenoxy) is 1. The number of amides is 1. The SMILES string of the molecule is O=C(CCOCC(F)(F)F)N1CCCNc2ccccc21. The molecule has 1 heterocycles. The summed E-state index contributed by atoms with van der Waals surface area (Å²) in [5.74, 6) is -0.228. The number of benzene rings is 1. The third-order valence-corrected chi connectivity index (χ3v) is 3.10. The van der Waals surface area contributed by atoms with Gasteiger partial charge in [-0.05, 0) is 18.6 Å². The van der Waals surface area contributed by atoms with Crippen molar-refractivity contribution < 1.29 is 22.7 Å². The topological polar surface area (TPSA) is 41.6 Å². The van der Waals surface area contributed by atoms with Crippen molar-refractivity contribution in [1.29, 1.82) is 0 Å².